The molecule has 2 heterocycles. The van der Waals surface area contributed by atoms with E-state index in [9.17, 15) is 13.6 Å². The molecule has 2 spiro atoms. The van der Waals surface area contributed by atoms with Gasteiger partial charge in [-0.25, -0.2) is 18.6 Å². The Bertz CT molecular complexity index is 1120. The number of esters is 1. The Morgan fingerprint density at radius 3 is 1.97 bits per heavy atom. The summed E-state index contributed by atoms with van der Waals surface area (Å²) in [5.74, 6) is 0.773. The Balaban J connectivity index is 1.46. The second kappa shape index (κ2) is 7.01. The molecule has 8 rings (SSSR count). The zero-order valence-corrected chi connectivity index (χ0v) is 19.1. The van der Waals surface area contributed by atoms with E-state index in [-0.39, 0.29) is 13.2 Å². The van der Waals surface area contributed by atoms with E-state index < -0.39 is 28.8 Å². The lowest BCUT2D eigenvalue weighted by molar-refractivity contribution is -0.583. The van der Waals surface area contributed by atoms with Gasteiger partial charge in [-0.2, -0.15) is 0 Å². The van der Waals surface area contributed by atoms with Crippen LogP contribution in [-0.2, 0) is 24.9 Å². The highest BCUT2D eigenvalue weighted by atomic mass is 19.1. The minimum Gasteiger partial charge on any atom is -0.465 e. The van der Waals surface area contributed by atoms with Gasteiger partial charge in [0.1, 0.15) is 23.8 Å². The molecule has 0 unspecified atom stereocenters. The molecule has 178 valence electrons. The molecular weight excluding hydrogens is 440 g/mol. The van der Waals surface area contributed by atoms with Gasteiger partial charge in [-0.05, 0) is 87.0 Å². The van der Waals surface area contributed by atoms with Crippen LogP contribution in [0.15, 0.2) is 36.4 Å². The lowest BCUT2D eigenvalue weighted by Crippen LogP contribution is -2.76. The molecule has 2 aromatic rings. The van der Waals surface area contributed by atoms with Gasteiger partial charge in [0.2, 0.25) is 0 Å². The van der Waals surface area contributed by atoms with Crippen molar-refractivity contribution in [2.75, 3.05) is 18.1 Å². The second-order valence-corrected chi connectivity index (χ2v) is 10.7. The Morgan fingerprint density at radius 1 is 0.941 bits per heavy atom. The van der Waals surface area contributed by atoms with Crippen LogP contribution in [-0.4, -0.2) is 24.7 Å². The predicted molar refractivity (Wildman–Crippen MR) is 119 cm³/mol. The quantitative estimate of drug-likeness (QED) is 0.448. The maximum absolute atomic E-state index is 14.6. The third-order valence-corrected chi connectivity index (χ3v) is 9.06. The standard InChI is InChI=1S/C27H27F2NO4/c1-2-32-25(31)14-30-23-12-19(28)3-5-21(23)27(22-6-4-20(29)13-24(22)30)26(33-34-27)17-8-15-7-16(10-17)11-18(26)9-15/h3-6,12-13,15-18H,2,7-11,14H2,1H3. The maximum Gasteiger partial charge on any atom is 0.325 e. The normalized spacial score (nSPS) is 33.6. The highest BCUT2D eigenvalue weighted by Crippen LogP contribution is 2.73. The van der Waals surface area contributed by atoms with Crippen molar-refractivity contribution in [1.29, 1.82) is 0 Å². The number of ether oxygens (including phenoxy) is 1. The lowest BCUT2D eigenvalue weighted by Gasteiger charge is -2.71. The van der Waals surface area contributed by atoms with Crippen LogP contribution in [0, 0.1) is 35.3 Å². The molecule has 0 N–H and O–H groups in total. The van der Waals surface area contributed by atoms with Gasteiger partial charge in [0.15, 0.2) is 5.60 Å². The zero-order chi connectivity index (χ0) is 23.2. The fourth-order valence-electron chi connectivity index (χ4n) is 8.16. The molecule has 0 amide bonds. The number of nitrogens with zero attached hydrogens (tertiary/aromatic N) is 1. The van der Waals surface area contributed by atoms with Gasteiger partial charge in [-0.1, -0.05) is 12.1 Å². The van der Waals surface area contributed by atoms with E-state index in [1.807, 2.05) is 0 Å². The van der Waals surface area contributed by atoms with Gasteiger partial charge < -0.3 is 9.64 Å². The summed E-state index contributed by atoms with van der Waals surface area (Å²) >= 11 is 0. The van der Waals surface area contributed by atoms with Crippen molar-refractivity contribution in [2.45, 2.75) is 50.2 Å². The van der Waals surface area contributed by atoms with Crippen molar-refractivity contribution in [3.8, 4) is 0 Å². The number of carbonyl (C=O) groups excluding carboxylic acids is 1. The van der Waals surface area contributed by atoms with E-state index in [0.29, 0.717) is 23.2 Å². The van der Waals surface area contributed by atoms with Crippen LogP contribution in [0.25, 0.3) is 0 Å². The van der Waals surface area contributed by atoms with Crippen LogP contribution in [0.4, 0.5) is 20.2 Å². The van der Waals surface area contributed by atoms with Gasteiger partial charge in [-0.15, -0.1) is 0 Å². The Kier molecular flexibility index (Phi) is 4.30. The van der Waals surface area contributed by atoms with Crippen LogP contribution >= 0.6 is 0 Å². The Morgan fingerprint density at radius 2 is 1.50 bits per heavy atom. The first-order valence-electron chi connectivity index (χ1n) is 12.4. The number of hydrogen-bond donors (Lipinski definition) is 0. The molecule has 0 aromatic heterocycles. The van der Waals surface area contributed by atoms with Crippen LogP contribution < -0.4 is 4.90 Å². The molecule has 5 nitrogen and oxygen atoms in total. The average molecular weight is 468 g/mol. The molecule has 4 aliphatic carbocycles. The largest absolute Gasteiger partial charge is 0.465 e. The summed E-state index contributed by atoms with van der Waals surface area (Å²) in [6.45, 7) is 1.82. The molecule has 0 radical (unpaired) electrons. The fourth-order valence-corrected chi connectivity index (χ4v) is 8.16. The third kappa shape index (κ3) is 2.47. The van der Waals surface area contributed by atoms with Crippen molar-refractivity contribution >= 4 is 17.3 Å². The van der Waals surface area contributed by atoms with E-state index in [0.717, 1.165) is 48.6 Å². The van der Waals surface area contributed by atoms with Crippen molar-refractivity contribution in [2.24, 2.45) is 23.7 Å². The van der Waals surface area contributed by atoms with Gasteiger partial charge >= 0.3 is 5.97 Å². The highest BCUT2D eigenvalue weighted by Gasteiger charge is 2.77. The van der Waals surface area contributed by atoms with Crippen molar-refractivity contribution < 1.29 is 28.1 Å². The fraction of sp³-hybridized carbons (Fsp3) is 0.519. The second-order valence-electron chi connectivity index (χ2n) is 10.7. The lowest BCUT2D eigenvalue weighted by atomic mass is 9.44. The molecule has 1 saturated heterocycles. The first-order chi connectivity index (χ1) is 16.5. The van der Waals surface area contributed by atoms with Crippen LogP contribution in [0.3, 0.4) is 0 Å². The van der Waals surface area contributed by atoms with Gasteiger partial charge in [-0.3, -0.25) is 4.79 Å². The van der Waals surface area contributed by atoms with Crippen molar-refractivity contribution in [3.05, 3.63) is 59.2 Å². The van der Waals surface area contributed by atoms with Crippen molar-refractivity contribution in [3.63, 3.8) is 0 Å². The first-order valence-corrected chi connectivity index (χ1v) is 12.4. The number of rotatable bonds is 3. The molecule has 4 saturated carbocycles. The average Bonchev–Trinajstić information content (AvgIpc) is 2.78. The van der Waals surface area contributed by atoms with Crippen LogP contribution in [0.5, 0.6) is 0 Å². The van der Waals surface area contributed by atoms with Gasteiger partial charge in [0, 0.05) is 11.1 Å². The third-order valence-electron chi connectivity index (χ3n) is 9.06. The summed E-state index contributed by atoms with van der Waals surface area (Å²) in [7, 11) is 0. The topological polar surface area (TPSA) is 48.0 Å². The minimum atomic E-state index is -0.965. The summed E-state index contributed by atoms with van der Waals surface area (Å²) in [6, 6.07) is 9.20. The number of halogens is 2. The molecule has 7 heteroatoms. The molecule has 2 aliphatic heterocycles. The first kappa shape index (κ1) is 20.8. The van der Waals surface area contributed by atoms with E-state index in [2.05, 4.69) is 0 Å². The molecule has 34 heavy (non-hydrogen) atoms. The molecule has 0 atom stereocenters. The number of fused-ring (bicyclic) bond motifs is 4. The number of anilines is 2. The molecule has 5 fully saturated rings. The van der Waals surface area contributed by atoms with Crippen LogP contribution in [0.2, 0.25) is 0 Å². The molecule has 2 aromatic carbocycles. The number of carbonyl (C=O) groups is 1. The van der Waals surface area contributed by atoms with Gasteiger partial charge in [0.25, 0.3) is 0 Å². The number of hydrogen-bond acceptors (Lipinski definition) is 5. The highest BCUT2D eigenvalue weighted by molar-refractivity contribution is 5.86. The van der Waals surface area contributed by atoms with Gasteiger partial charge in [0.05, 0.1) is 18.0 Å². The Hall–Kier alpha value is -2.51. The van der Waals surface area contributed by atoms with E-state index >= 15 is 0 Å². The minimum absolute atomic E-state index is 0.151. The number of benzene rings is 2. The maximum atomic E-state index is 14.6. The Labute approximate surface area is 196 Å². The summed E-state index contributed by atoms with van der Waals surface area (Å²) in [5, 5.41) is 0. The SMILES string of the molecule is CCOC(=O)CN1c2cc(F)ccc2C2(OOC23C2CC4CC(C2)CC3C4)c2ccc(F)cc21. The smallest absolute Gasteiger partial charge is 0.325 e. The summed E-state index contributed by atoms with van der Waals surface area (Å²) < 4.78 is 34.4. The van der Waals surface area contributed by atoms with Crippen LogP contribution in [0.1, 0.15) is 50.2 Å². The summed E-state index contributed by atoms with van der Waals surface area (Å²) in [6.07, 6.45) is 5.68. The van der Waals surface area contributed by atoms with E-state index in [1.54, 1.807) is 24.0 Å². The molecular formula is C27H27F2NO4. The molecule has 6 aliphatic rings. The predicted octanol–water partition coefficient (Wildman–Crippen LogP) is 5.38. The summed E-state index contributed by atoms with van der Waals surface area (Å²) in [4.78, 5) is 26.6. The van der Waals surface area contributed by atoms with Crippen molar-refractivity contribution in [1.82, 2.24) is 0 Å². The summed E-state index contributed by atoms with van der Waals surface area (Å²) in [5.41, 5.74) is 1.01. The monoisotopic (exact) mass is 467 g/mol. The zero-order valence-electron chi connectivity index (χ0n) is 19.1. The molecule has 4 bridgehead atoms. The van der Waals surface area contributed by atoms with E-state index in [4.69, 9.17) is 14.5 Å². The van der Waals surface area contributed by atoms with E-state index in [1.165, 1.54) is 30.7 Å².